The summed E-state index contributed by atoms with van der Waals surface area (Å²) in [5.41, 5.74) is 5.06. The maximum atomic E-state index is 10.2. The summed E-state index contributed by atoms with van der Waals surface area (Å²) in [6, 6.07) is 12.0. The first kappa shape index (κ1) is 16.3. The number of nitrogens with zero attached hydrogens (tertiary/aromatic N) is 1. The number of aromatic nitrogens is 1. The van der Waals surface area contributed by atoms with Crippen molar-refractivity contribution in [3.05, 3.63) is 62.2 Å². The molecule has 3 aromatic rings. The molecular weight excluding hydrogens is 420 g/mol. The zero-order chi connectivity index (χ0) is 16.6. The molecule has 3 rings (SSSR count). The molecule has 0 saturated carbocycles. The maximum absolute atomic E-state index is 10.2. The molecule has 0 amide bonds. The van der Waals surface area contributed by atoms with E-state index in [2.05, 4.69) is 68.1 Å². The van der Waals surface area contributed by atoms with E-state index in [0.29, 0.717) is 16.5 Å². The average molecular weight is 436 g/mol. The summed E-state index contributed by atoms with van der Waals surface area (Å²) < 4.78 is 1.53. The van der Waals surface area contributed by atoms with E-state index in [1.807, 2.05) is 24.3 Å². The fraction of sp³-hybridized carbons (Fsp3) is 0.167. The zero-order valence-electron chi connectivity index (χ0n) is 12.8. The van der Waals surface area contributed by atoms with Crippen LogP contribution in [-0.2, 0) is 6.54 Å². The lowest BCUT2D eigenvalue weighted by atomic mass is 10.1. The highest BCUT2D eigenvalue weighted by molar-refractivity contribution is 9.11. The fourth-order valence-electron chi connectivity index (χ4n) is 2.47. The Morgan fingerprint density at radius 2 is 1.87 bits per heavy atom. The number of anilines is 1. The van der Waals surface area contributed by atoms with Gasteiger partial charge in [-0.15, -0.1) is 0 Å². The number of aryl methyl sites for hydroxylation is 1. The summed E-state index contributed by atoms with van der Waals surface area (Å²) in [5.74, 6) is 0.164. The van der Waals surface area contributed by atoms with Crippen molar-refractivity contribution in [2.24, 2.45) is 0 Å². The summed E-state index contributed by atoms with van der Waals surface area (Å²) in [6.07, 6.45) is 0. The van der Waals surface area contributed by atoms with Crippen LogP contribution in [0.1, 0.15) is 16.8 Å². The number of aromatic hydroxyl groups is 1. The molecule has 0 spiro atoms. The summed E-state index contributed by atoms with van der Waals surface area (Å²) in [4.78, 5) is 4.59. The number of halogens is 2. The number of phenols is 1. The van der Waals surface area contributed by atoms with E-state index in [9.17, 15) is 5.11 Å². The van der Waals surface area contributed by atoms with Gasteiger partial charge in [0.25, 0.3) is 0 Å². The van der Waals surface area contributed by atoms with Crippen LogP contribution < -0.4 is 5.32 Å². The molecule has 0 fully saturated rings. The minimum Gasteiger partial charge on any atom is -0.505 e. The molecule has 118 valence electrons. The van der Waals surface area contributed by atoms with E-state index in [1.165, 1.54) is 11.1 Å². The van der Waals surface area contributed by atoms with E-state index in [0.717, 1.165) is 21.2 Å². The normalized spacial score (nSPS) is 11.0. The minimum atomic E-state index is 0.164. The summed E-state index contributed by atoms with van der Waals surface area (Å²) >= 11 is 6.85. The van der Waals surface area contributed by atoms with Gasteiger partial charge in [-0.1, -0.05) is 28.1 Å². The molecule has 2 aromatic carbocycles. The smallest absolute Gasteiger partial charge is 0.156 e. The van der Waals surface area contributed by atoms with E-state index >= 15 is 0 Å². The van der Waals surface area contributed by atoms with E-state index < -0.39 is 0 Å². The highest BCUT2D eigenvalue weighted by atomic mass is 79.9. The molecule has 5 heteroatoms. The summed E-state index contributed by atoms with van der Waals surface area (Å²) in [7, 11) is 0. The number of hydrogen-bond donors (Lipinski definition) is 2. The predicted octanol–water partition coefficient (Wildman–Crippen LogP) is 5.69. The monoisotopic (exact) mass is 434 g/mol. The molecule has 2 N–H and O–H groups in total. The van der Waals surface area contributed by atoms with Crippen molar-refractivity contribution < 1.29 is 5.11 Å². The molecule has 23 heavy (non-hydrogen) atoms. The summed E-state index contributed by atoms with van der Waals surface area (Å²) in [6.45, 7) is 4.80. The SMILES string of the molecule is Cc1cccc(NCc2ccc3c(Br)cc(Br)c(O)c3n2)c1C. The molecule has 0 aliphatic rings. The Hall–Kier alpha value is -1.59. The van der Waals surface area contributed by atoms with Gasteiger partial charge in [-0.2, -0.15) is 0 Å². The lowest BCUT2D eigenvalue weighted by Gasteiger charge is -2.12. The first-order valence-corrected chi connectivity index (χ1v) is 8.82. The van der Waals surface area contributed by atoms with Crippen LogP contribution in [0.25, 0.3) is 10.9 Å². The van der Waals surface area contributed by atoms with Gasteiger partial charge in [-0.3, -0.25) is 0 Å². The van der Waals surface area contributed by atoms with Crippen LogP contribution in [0.3, 0.4) is 0 Å². The molecule has 0 atom stereocenters. The number of fused-ring (bicyclic) bond motifs is 1. The van der Waals surface area contributed by atoms with E-state index in [-0.39, 0.29) is 5.75 Å². The quantitative estimate of drug-likeness (QED) is 0.555. The lowest BCUT2D eigenvalue weighted by molar-refractivity contribution is 0.477. The second kappa shape index (κ2) is 6.49. The van der Waals surface area contributed by atoms with Crippen molar-refractivity contribution in [2.75, 3.05) is 5.32 Å². The topological polar surface area (TPSA) is 45.1 Å². The van der Waals surface area contributed by atoms with Crippen LogP contribution >= 0.6 is 31.9 Å². The first-order chi connectivity index (χ1) is 11.0. The van der Waals surface area contributed by atoms with Crippen molar-refractivity contribution in [1.82, 2.24) is 4.98 Å². The molecule has 1 aromatic heterocycles. The largest absolute Gasteiger partial charge is 0.505 e. The second-order valence-corrected chi connectivity index (χ2v) is 7.20. The minimum absolute atomic E-state index is 0.164. The number of benzene rings is 2. The van der Waals surface area contributed by atoms with E-state index in [1.54, 1.807) is 0 Å². The number of phenolic OH excluding ortho intramolecular Hbond substituents is 1. The Bertz CT molecular complexity index is 894. The first-order valence-electron chi connectivity index (χ1n) is 7.24. The van der Waals surface area contributed by atoms with Crippen molar-refractivity contribution >= 4 is 48.5 Å². The lowest BCUT2D eigenvalue weighted by Crippen LogP contribution is -2.03. The fourth-order valence-corrected chi connectivity index (χ4v) is 3.74. The summed E-state index contributed by atoms with van der Waals surface area (Å²) in [5, 5.41) is 14.5. The third-order valence-electron chi connectivity index (χ3n) is 3.98. The van der Waals surface area contributed by atoms with Gasteiger partial charge >= 0.3 is 0 Å². The van der Waals surface area contributed by atoms with Crippen molar-refractivity contribution in [2.45, 2.75) is 20.4 Å². The molecule has 0 saturated heterocycles. The molecule has 0 aliphatic carbocycles. The second-order valence-electron chi connectivity index (χ2n) is 5.49. The van der Waals surface area contributed by atoms with Gasteiger partial charge < -0.3 is 10.4 Å². The molecular formula is C18H16Br2N2O. The third kappa shape index (κ3) is 3.21. The van der Waals surface area contributed by atoms with Crippen LogP contribution in [0.5, 0.6) is 5.75 Å². The van der Waals surface area contributed by atoms with Gasteiger partial charge in [0.15, 0.2) is 5.75 Å². The number of rotatable bonds is 3. The molecule has 0 radical (unpaired) electrons. The molecule has 3 nitrogen and oxygen atoms in total. The Kier molecular flexibility index (Phi) is 4.60. The molecule has 0 aliphatic heterocycles. The number of hydrogen-bond acceptors (Lipinski definition) is 3. The third-order valence-corrected chi connectivity index (χ3v) is 5.24. The zero-order valence-corrected chi connectivity index (χ0v) is 16.0. The van der Waals surface area contributed by atoms with Gasteiger partial charge in [0.1, 0.15) is 5.52 Å². The molecule has 1 heterocycles. The standard InChI is InChI=1S/C18H16Br2N2O/c1-10-4-3-5-16(11(10)2)21-9-12-6-7-13-14(19)8-15(20)18(23)17(13)22-12/h3-8,21,23H,9H2,1-2H3. The Labute approximate surface area is 152 Å². The van der Waals surface area contributed by atoms with E-state index in [4.69, 9.17) is 0 Å². The van der Waals surface area contributed by atoms with Crippen LogP contribution in [0.4, 0.5) is 5.69 Å². The Balaban J connectivity index is 1.92. The molecule has 0 bridgehead atoms. The van der Waals surface area contributed by atoms with Gasteiger partial charge in [0.05, 0.1) is 16.7 Å². The predicted molar refractivity (Wildman–Crippen MR) is 102 cm³/mol. The molecule has 0 unspecified atom stereocenters. The van der Waals surface area contributed by atoms with Gasteiger partial charge in [-0.05, 0) is 65.2 Å². The van der Waals surface area contributed by atoms with Crippen LogP contribution in [0.2, 0.25) is 0 Å². The van der Waals surface area contributed by atoms with Crippen molar-refractivity contribution in [3.63, 3.8) is 0 Å². The van der Waals surface area contributed by atoms with Gasteiger partial charge in [0.2, 0.25) is 0 Å². The van der Waals surface area contributed by atoms with Crippen LogP contribution in [0, 0.1) is 13.8 Å². The number of nitrogens with one attached hydrogen (secondary N) is 1. The highest BCUT2D eigenvalue weighted by Gasteiger charge is 2.11. The van der Waals surface area contributed by atoms with Crippen LogP contribution in [-0.4, -0.2) is 10.1 Å². The number of pyridine rings is 1. The van der Waals surface area contributed by atoms with Gasteiger partial charge in [0, 0.05) is 15.5 Å². The van der Waals surface area contributed by atoms with Crippen molar-refractivity contribution in [3.8, 4) is 5.75 Å². The van der Waals surface area contributed by atoms with Gasteiger partial charge in [-0.25, -0.2) is 4.98 Å². The Morgan fingerprint density at radius 1 is 1.09 bits per heavy atom. The maximum Gasteiger partial charge on any atom is 0.156 e. The van der Waals surface area contributed by atoms with Crippen LogP contribution in [0.15, 0.2) is 45.3 Å². The average Bonchev–Trinajstić information content (AvgIpc) is 2.54. The van der Waals surface area contributed by atoms with Crippen molar-refractivity contribution in [1.29, 1.82) is 0 Å². The Morgan fingerprint density at radius 3 is 2.65 bits per heavy atom. The highest BCUT2D eigenvalue weighted by Crippen LogP contribution is 2.36.